The molecule has 168 valence electrons. The van der Waals surface area contributed by atoms with E-state index >= 15 is 0 Å². The van der Waals surface area contributed by atoms with Gasteiger partial charge in [-0.3, -0.25) is 9.69 Å². The van der Waals surface area contributed by atoms with Gasteiger partial charge in [0.05, 0.1) is 18.8 Å². The summed E-state index contributed by atoms with van der Waals surface area (Å²) in [4.78, 5) is 14.3. The van der Waals surface area contributed by atoms with Gasteiger partial charge in [0.25, 0.3) is 0 Å². The van der Waals surface area contributed by atoms with Crippen LogP contribution in [0.1, 0.15) is 36.5 Å². The number of carbonyl (C=O) groups is 1. The number of ether oxygens (including phenoxy) is 2. The molecule has 31 heavy (non-hydrogen) atoms. The summed E-state index contributed by atoms with van der Waals surface area (Å²) < 4.78 is 11.2. The van der Waals surface area contributed by atoms with Crippen LogP contribution in [0.4, 0.5) is 0 Å². The van der Waals surface area contributed by atoms with Crippen molar-refractivity contribution in [1.29, 1.82) is 0 Å². The molecule has 0 N–H and O–H groups in total. The van der Waals surface area contributed by atoms with Crippen LogP contribution in [0.25, 0.3) is 5.57 Å². The van der Waals surface area contributed by atoms with Crippen LogP contribution in [0, 0.1) is 12.8 Å². The molecule has 6 heteroatoms. The lowest BCUT2D eigenvalue weighted by atomic mass is 9.95. The van der Waals surface area contributed by atoms with Crippen LogP contribution in [-0.4, -0.2) is 43.7 Å². The van der Waals surface area contributed by atoms with Crippen LogP contribution in [0.2, 0.25) is 5.02 Å². The third kappa shape index (κ3) is 6.99. The molecule has 1 fully saturated rings. The van der Waals surface area contributed by atoms with Crippen LogP contribution >= 0.6 is 24.0 Å². The van der Waals surface area contributed by atoms with Crippen LogP contribution in [0.3, 0.4) is 0 Å². The van der Waals surface area contributed by atoms with E-state index in [0.717, 1.165) is 49.2 Å². The number of esters is 1. The molecule has 0 radical (unpaired) electrons. The first-order chi connectivity index (χ1) is 14.6. The summed E-state index contributed by atoms with van der Waals surface area (Å²) in [6.07, 6.45) is 3.73. The van der Waals surface area contributed by atoms with Gasteiger partial charge in [-0.05, 0) is 50.4 Å². The fourth-order valence-electron chi connectivity index (χ4n) is 3.86. The molecule has 0 bridgehead atoms. The number of halogens is 2. The van der Waals surface area contributed by atoms with Crippen LogP contribution in [0.15, 0.2) is 54.8 Å². The van der Waals surface area contributed by atoms with Gasteiger partial charge < -0.3 is 9.47 Å². The Hall–Kier alpha value is -2.01. The predicted molar refractivity (Wildman–Crippen MR) is 129 cm³/mol. The number of likely N-dealkylation sites (tertiary alicyclic amines) is 1. The number of hydrogen-bond donors (Lipinski definition) is 0. The normalized spacial score (nSPS) is 17.0. The Morgan fingerprint density at radius 2 is 1.87 bits per heavy atom. The smallest absolute Gasteiger partial charge is 0.310 e. The van der Waals surface area contributed by atoms with E-state index in [1.807, 2.05) is 49.6 Å². The van der Waals surface area contributed by atoms with Gasteiger partial charge in [-0.25, -0.2) is 0 Å². The van der Waals surface area contributed by atoms with E-state index in [-0.39, 0.29) is 24.3 Å². The van der Waals surface area contributed by atoms with E-state index < -0.39 is 0 Å². The Morgan fingerprint density at radius 1 is 1.16 bits per heavy atom. The van der Waals surface area contributed by atoms with Gasteiger partial charge in [-0.2, -0.15) is 0 Å². The van der Waals surface area contributed by atoms with Gasteiger partial charge in [0.15, 0.2) is 0 Å². The molecule has 0 unspecified atom stereocenters. The van der Waals surface area contributed by atoms with E-state index in [4.69, 9.17) is 21.1 Å². The van der Waals surface area contributed by atoms with Crippen molar-refractivity contribution in [1.82, 2.24) is 4.90 Å². The van der Waals surface area contributed by atoms with Crippen molar-refractivity contribution in [3.05, 3.63) is 76.5 Å². The summed E-state index contributed by atoms with van der Waals surface area (Å²) >= 11 is 6.48. The minimum atomic E-state index is -0.0800. The van der Waals surface area contributed by atoms with Crippen molar-refractivity contribution in [2.45, 2.75) is 26.7 Å². The average molecular weight is 464 g/mol. The molecule has 0 spiro atoms. The molecule has 1 aliphatic heterocycles. The van der Waals surface area contributed by atoms with Crippen molar-refractivity contribution >= 4 is 35.6 Å². The Kier molecular flexibility index (Phi) is 10.4. The maximum atomic E-state index is 12.0. The highest BCUT2D eigenvalue weighted by Crippen LogP contribution is 2.31. The summed E-state index contributed by atoms with van der Waals surface area (Å²) in [5.74, 6) is -0.108. The zero-order chi connectivity index (χ0) is 21.3. The second-order valence-corrected chi connectivity index (χ2v) is 8.00. The van der Waals surface area contributed by atoms with Crippen molar-refractivity contribution < 1.29 is 14.3 Å². The largest absolute Gasteiger partial charge is 0.499 e. The topological polar surface area (TPSA) is 38.8 Å². The maximum absolute atomic E-state index is 12.0. The number of nitrogens with zero attached hydrogens (tertiary/aromatic N) is 1. The number of benzene rings is 2. The first-order valence-corrected chi connectivity index (χ1v) is 11.0. The van der Waals surface area contributed by atoms with Crippen molar-refractivity contribution in [2.24, 2.45) is 5.92 Å². The highest BCUT2D eigenvalue weighted by molar-refractivity contribution is 6.32. The minimum Gasteiger partial charge on any atom is -0.499 e. The third-order valence-corrected chi connectivity index (χ3v) is 5.78. The molecule has 3 rings (SSSR count). The number of hydrogen-bond acceptors (Lipinski definition) is 4. The van der Waals surface area contributed by atoms with Crippen molar-refractivity contribution in [3.8, 4) is 0 Å². The van der Waals surface area contributed by atoms with E-state index in [2.05, 4.69) is 24.0 Å². The summed E-state index contributed by atoms with van der Waals surface area (Å²) in [6.45, 7) is 7.42. The van der Waals surface area contributed by atoms with Gasteiger partial charge in [0.2, 0.25) is 0 Å². The summed E-state index contributed by atoms with van der Waals surface area (Å²) in [5, 5.41) is 0.698. The van der Waals surface area contributed by atoms with E-state index in [1.165, 1.54) is 5.56 Å². The highest BCUT2D eigenvalue weighted by Gasteiger charge is 2.26. The Bertz CT molecular complexity index is 837. The molecule has 4 nitrogen and oxygen atoms in total. The molecule has 1 aliphatic rings. The van der Waals surface area contributed by atoms with Gasteiger partial charge in [0.1, 0.15) is 6.61 Å². The summed E-state index contributed by atoms with van der Waals surface area (Å²) in [7, 11) is 0. The lowest BCUT2D eigenvalue weighted by Crippen LogP contribution is -2.40. The average Bonchev–Trinajstić information content (AvgIpc) is 2.76. The molecule has 0 amide bonds. The lowest BCUT2D eigenvalue weighted by molar-refractivity contribution is -0.150. The molecule has 2 aromatic rings. The molecule has 0 saturated carbocycles. The first-order valence-electron chi connectivity index (χ1n) is 10.6. The molecule has 0 aliphatic carbocycles. The molecule has 1 heterocycles. The SMILES string of the molecule is CCOC(=O)[C@@H]1CCCN(CCOC=C(c2ccccc2C)c2ccccc2Cl)C1.Cl. The fourth-order valence-corrected chi connectivity index (χ4v) is 4.10. The van der Waals surface area contributed by atoms with Crippen LogP contribution in [0.5, 0.6) is 0 Å². The van der Waals surface area contributed by atoms with Crippen molar-refractivity contribution in [2.75, 3.05) is 32.8 Å². The predicted octanol–water partition coefficient (Wildman–Crippen LogP) is 5.75. The standard InChI is InChI=1S/C25H30ClNO3.ClH/c1-3-30-25(28)20-10-8-14-27(17-20)15-16-29-18-23(21-11-5-4-9-19(21)2)22-12-6-7-13-24(22)26;/h4-7,9,11-13,18,20H,3,8,10,14-17H2,1-2H3;1H/t20-;/m1./s1. The molecule has 2 aromatic carbocycles. The zero-order valence-corrected chi connectivity index (χ0v) is 19.8. The zero-order valence-electron chi connectivity index (χ0n) is 18.2. The van der Waals surface area contributed by atoms with Crippen LogP contribution < -0.4 is 0 Å². The summed E-state index contributed by atoms with van der Waals surface area (Å²) in [6, 6.07) is 16.0. The quantitative estimate of drug-likeness (QED) is 0.283. The third-order valence-electron chi connectivity index (χ3n) is 5.45. The number of rotatable bonds is 8. The molecule has 1 atom stereocenters. The molecular weight excluding hydrogens is 433 g/mol. The maximum Gasteiger partial charge on any atom is 0.310 e. The molecule has 1 saturated heterocycles. The summed E-state index contributed by atoms with van der Waals surface area (Å²) in [5.41, 5.74) is 4.20. The van der Waals surface area contributed by atoms with E-state index in [9.17, 15) is 4.79 Å². The monoisotopic (exact) mass is 463 g/mol. The molecule has 0 aromatic heterocycles. The number of aryl methyl sites for hydroxylation is 1. The Morgan fingerprint density at radius 3 is 2.58 bits per heavy atom. The first kappa shape index (κ1) is 25.3. The second-order valence-electron chi connectivity index (χ2n) is 7.59. The van der Waals surface area contributed by atoms with E-state index in [1.54, 1.807) is 0 Å². The lowest BCUT2D eigenvalue weighted by Gasteiger charge is -2.31. The Labute approximate surface area is 196 Å². The van der Waals surface area contributed by atoms with Gasteiger partial charge in [0, 0.05) is 29.2 Å². The molecular formula is C25H31Cl2NO3. The highest BCUT2D eigenvalue weighted by atomic mass is 35.5. The number of piperidine rings is 1. The number of carbonyl (C=O) groups excluding carboxylic acids is 1. The minimum absolute atomic E-state index is 0. The van der Waals surface area contributed by atoms with Gasteiger partial charge in [-0.1, -0.05) is 54.1 Å². The Balaban J connectivity index is 0.00000341. The van der Waals surface area contributed by atoms with Crippen LogP contribution in [-0.2, 0) is 14.3 Å². The van der Waals surface area contributed by atoms with Gasteiger partial charge >= 0.3 is 5.97 Å². The van der Waals surface area contributed by atoms with Crippen molar-refractivity contribution in [3.63, 3.8) is 0 Å². The van der Waals surface area contributed by atoms with Gasteiger partial charge in [-0.15, -0.1) is 12.4 Å². The van der Waals surface area contributed by atoms with E-state index in [0.29, 0.717) is 18.2 Å². The fraction of sp³-hybridized carbons (Fsp3) is 0.400. The second kappa shape index (κ2) is 12.7.